The Hall–Kier alpha value is -3.51. The van der Waals surface area contributed by atoms with Crippen LogP contribution in [-0.4, -0.2) is 34.8 Å². The lowest BCUT2D eigenvalue weighted by molar-refractivity contribution is -0.136. The van der Waals surface area contributed by atoms with Crippen LogP contribution in [0.1, 0.15) is 33.9 Å². The van der Waals surface area contributed by atoms with E-state index in [1.54, 1.807) is 6.20 Å². The van der Waals surface area contributed by atoms with Crippen LogP contribution in [0.4, 0.5) is 5.69 Å². The molecule has 6 nitrogen and oxygen atoms in total. The van der Waals surface area contributed by atoms with Crippen LogP contribution in [0.2, 0.25) is 0 Å². The van der Waals surface area contributed by atoms with Gasteiger partial charge in [0.2, 0.25) is 0 Å². The average molecular weight is 429 g/mol. The van der Waals surface area contributed by atoms with Gasteiger partial charge < -0.3 is 10.6 Å². The van der Waals surface area contributed by atoms with Crippen molar-refractivity contribution in [1.82, 2.24) is 15.2 Å². The van der Waals surface area contributed by atoms with Crippen LogP contribution in [-0.2, 0) is 22.6 Å². The summed E-state index contributed by atoms with van der Waals surface area (Å²) in [7, 11) is 0. The third-order valence-corrected chi connectivity index (χ3v) is 5.97. The van der Waals surface area contributed by atoms with Gasteiger partial charge in [-0.2, -0.15) is 0 Å². The number of nitrogens with zero attached hydrogens (tertiary/aromatic N) is 2. The standard InChI is InChI=1S/C26H28N4O2/c1-18-9-10-19(2)23(14-18)29-26(32)25(31)28-16-24(21-8-5-12-27-15-21)30-13-11-20-6-3-4-7-22(20)17-30/h3-10,12,14-15,24H,11,13,16-17H2,1-2H3,(H,28,31)(H,29,32)/t24-/m1/s1. The Morgan fingerprint density at radius 2 is 1.84 bits per heavy atom. The fourth-order valence-electron chi connectivity index (χ4n) is 4.13. The molecule has 1 aromatic heterocycles. The molecule has 0 radical (unpaired) electrons. The molecule has 2 heterocycles. The molecule has 2 N–H and O–H groups in total. The highest BCUT2D eigenvalue weighted by molar-refractivity contribution is 6.39. The third kappa shape index (κ3) is 5.03. The van der Waals surface area contributed by atoms with Gasteiger partial charge in [0.05, 0.1) is 6.04 Å². The van der Waals surface area contributed by atoms with Crippen LogP contribution in [0.15, 0.2) is 67.0 Å². The topological polar surface area (TPSA) is 74.3 Å². The lowest BCUT2D eigenvalue weighted by atomic mass is 9.97. The van der Waals surface area contributed by atoms with Gasteiger partial charge in [0.15, 0.2) is 0 Å². The number of aromatic nitrogens is 1. The molecule has 0 saturated heterocycles. The largest absolute Gasteiger partial charge is 0.346 e. The van der Waals surface area contributed by atoms with E-state index in [2.05, 4.69) is 44.8 Å². The fourth-order valence-corrected chi connectivity index (χ4v) is 4.13. The summed E-state index contributed by atoms with van der Waals surface area (Å²) in [6.45, 7) is 5.85. The highest BCUT2D eigenvalue weighted by Gasteiger charge is 2.26. The number of carbonyl (C=O) groups excluding carboxylic acids is 2. The second-order valence-electron chi connectivity index (χ2n) is 8.27. The van der Waals surface area contributed by atoms with Gasteiger partial charge in [-0.3, -0.25) is 19.5 Å². The van der Waals surface area contributed by atoms with E-state index >= 15 is 0 Å². The fraction of sp³-hybridized carbons (Fsp3) is 0.269. The zero-order valence-electron chi connectivity index (χ0n) is 18.5. The van der Waals surface area contributed by atoms with E-state index in [0.717, 1.165) is 36.2 Å². The van der Waals surface area contributed by atoms with E-state index in [4.69, 9.17) is 0 Å². The summed E-state index contributed by atoms with van der Waals surface area (Å²) in [5.41, 5.74) is 6.27. The first-order valence-electron chi connectivity index (χ1n) is 10.9. The number of benzene rings is 2. The maximum Gasteiger partial charge on any atom is 0.313 e. The third-order valence-electron chi connectivity index (χ3n) is 5.97. The summed E-state index contributed by atoms with van der Waals surface area (Å²) < 4.78 is 0. The normalized spacial score (nSPS) is 14.3. The minimum absolute atomic E-state index is 0.0745. The van der Waals surface area contributed by atoms with Crippen LogP contribution in [0.25, 0.3) is 0 Å². The van der Waals surface area contributed by atoms with Crippen molar-refractivity contribution in [3.05, 3.63) is 94.8 Å². The monoisotopic (exact) mass is 428 g/mol. The summed E-state index contributed by atoms with van der Waals surface area (Å²) in [4.78, 5) is 31.7. The molecule has 0 saturated carbocycles. The van der Waals surface area contributed by atoms with E-state index in [9.17, 15) is 9.59 Å². The summed E-state index contributed by atoms with van der Waals surface area (Å²) in [6.07, 6.45) is 4.52. The van der Waals surface area contributed by atoms with Crippen molar-refractivity contribution < 1.29 is 9.59 Å². The summed E-state index contributed by atoms with van der Waals surface area (Å²) in [6, 6.07) is 18.1. The minimum Gasteiger partial charge on any atom is -0.346 e. The molecule has 2 aromatic carbocycles. The quantitative estimate of drug-likeness (QED) is 0.610. The lowest BCUT2D eigenvalue weighted by Crippen LogP contribution is -2.43. The van der Waals surface area contributed by atoms with Crippen LogP contribution in [0.3, 0.4) is 0 Å². The van der Waals surface area contributed by atoms with Crippen LogP contribution < -0.4 is 10.6 Å². The molecule has 0 unspecified atom stereocenters. The Labute approximate surface area is 188 Å². The van der Waals surface area contributed by atoms with E-state index in [1.165, 1.54) is 11.1 Å². The lowest BCUT2D eigenvalue weighted by Gasteiger charge is -2.35. The first-order valence-corrected chi connectivity index (χ1v) is 10.9. The molecule has 1 atom stereocenters. The Balaban J connectivity index is 1.45. The number of fused-ring (bicyclic) bond motifs is 1. The Morgan fingerprint density at radius 1 is 1.03 bits per heavy atom. The summed E-state index contributed by atoms with van der Waals surface area (Å²) >= 11 is 0. The number of pyridine rings is 1. The van der Waals surface area contributed by atoms with Gasteiger partial charge in [-0.25, -0.2) is 0 Å². The van der Waals surface area contributed by atoms with Gasteiger partial charge in [-0.15, -0.1) is 0 Å². The van der Waals surface area contributed by atoms with Gasteiger partial charge in [-0.1, -0.05) is 42.5 Å². The number of rotatable bonds is 5. The van der Waals surface area contributed by atoms with Crippen molar-refractivity contribution >= 4 is 17.5 Å². The molecular formula is C26H28N4O2. The molecule has 0 bridgehead atoms. The van der Waals surface area contributed by atoms with Crippen molar-refractivity contribution in [3.8, 4) is 0 Å². The SMILES string of the molecule is Cc1ccc(C)c(NC(=O)C(=O)NC[C@H](c2cccnc2)N2CCc3ccccc3C2)c1. The molecule has 164 valence electrons. The number of hydrogen-bond donors (Lipinski definition) is 2. The number of aryl methyl sites for hydroxylation is 2. The zero-order valence-corrected chi connectivity index (χ0v) is 18.5. The van der Waals surface area contributed by atoms with Crippen molar-refractivity contribution in [2.45, 2.75) is 32.9 Å². The molecule has 1 aliphatic heterocycles. The molecule has 2 amide bonds. The first kappa shape index (κ1) is 21.7. The molecule has 3 aromatic rings. The van der Waals surface area contributed by atoms with Crippen LogP contribution in [0.5, 0.6) is 0 Å². The predicted octanol–water partition coefficient (Wildman–Crippen LogP) is 3.55. The van der Waals surface area contributed by atoms with E-state index in [1.807, 2.05) is 50.4 Å². The maximum absolute atomic E-state index is 12.6. The van der Waals surface area contributed by atoms with Gasteiger partial charge in [0.1, 0.15) is 0 Å². The second-order valence-corrected chi connectivity index (χ2v) is 8.27. The van der Waals surface area contributed by atoms with Gasteiger partial charge in [0.25, 0.3) is 0 Å². The summed E-state index contributed by atoms with van der Waals surface area (Å²) in [5, 5.41) is 5.57. The Bertz CT molecular complexity index is 1110. The number of anilines is 1. The Kier molecular flexibility index (Phi) is 6.61. The molecule has 32 heavy (non-hydrogen) atoms. The molecule has 4 rings (SSSR count). The highest BCUT2D eigenvalue weighted by atomic mass is 16.2. The van der Waals surface area contributed by atoms with Gasteiger partial charge >= 0.3 is 11.8 Å². The van der Waals surface area contributed by atoms with Crippen molar-refractivity contribution in [1.29, 1.82) is 0 Å². The van der Waals surface area contributed by atoms with Gasteiger partial charge in [-0.05, 0) is 60.2 Å². The first-order chi connectivity index (χ1) is 15.5. The minimum atomic E-state index is -0.660. The molecule has 6 heteroatoms. The average Bonchev–Trinajstić information content (AvgIpc) is 2.82. The molecule has 0 spiro atoms. The van der Waals surface area contributed by atoms with E-state index < -0.39 is 11.8 Å². The molecular weight excluding hydrogens is 400 g/mol. The predicted molar refractivity (Wildman–Crippen MR) is 125 cm³/mol. The van der Waals surface area contributed by atoms with Crippen LogP contribution in [0, 0.1) is 13.8 Å². The second kappa shape index (κ2) is 9.75. The number of amides is 2. The smallest absolute Gasteiger partial charge is 0.313 e. The zero-order chi connectivity index (χ0) is 22.5. The molecule has 0 fully saturated rings. The van der Waals surface area contributed by atoms with Crippen LogP contribution >= 0.6 is 0 Å². The number of carbonyl (C=O) groups is 2. The van der Waals surface area contributed by atoms with Gasteiger partial charge in [0, 0.05) is 37.7 Å². The molecule has 0 aliphatic carbocycles. The van der Waals surface area contributed by atoms with Crippen molar-refractivity contribution in [3.63, 3.8) is 0 Å². The van der Waals surface area contributed by atoms with E-state index in [-0.39, 0.29) is 6.04 Å². The summed E-state index contributed by atoms with van der Waals surface area (Å²) in [5.74, 6) is -1.30. The maximum atomic E-state index is 12.6. The van der Waals surface area contributed by atoms with E-state index in [0.29, 0.717) is 12.2 Å². The van der Waals surface area contributed by atoms with Crippen molar-refractivity contribution in [2.24, 2.45) is 0 Å². The van der Waals surface area contributed by atoms with Crippen molar-refractivity contribution in [2.75, 3.05) is 18.4 Å². The number of hydrogen-bond acceptors (Lipinski definition) is 4. The molecule has 1 aliphatic rings. The highest BCUT2D eigenvalue weighted by Crippen LogP contribution is 2.27. The number of nitrogens with one attached hydrogen (secondary N) is 2. The Morgan fingerprint density at radius 3 is 2.62 bits per heavy atom.